The minimum absolute atomic E-state index is 0.0108. The van der Waals surface area contributed by atoms with Gasteiger partial charge >= 0.3 is 0 Å². The number of amides is 2. The van der Waals surface area contributed by atoms with E-state index in [4.69, 9.17) is 0 Å². The molecule has 1 aromatic rings. The second-order valence-corrected chi connectivity index (χ2v) is 7.70. The minimum Gasteiger partial charge on any atom is -0.341 e. The zero-order valence-corrected chi connectivity index (χ0v) is 15.3. The Kier molecular flexibility index (Phi) is 6.41. The molecule has 1 saturated heterocycles. The molecule has 24 heavy (non-hydrogen) atoms. The summed E-state index contributed by atoms with van der Waals surface area (Å²) in [6.07, 6.45) is 1.59. The minimum atomic E-state index is -0.588. The maximum absolute atomic E-state index is 13.1. The molecular weight excluding hydrogens is 300 g/mol. The third kappa shape index (κ3) is 5.08. The van der Waals surface area contributed by atoms with Crippen molar-refractivity contribution in [1.29, 1.82) is 0 Å². The van der Waals surface area contributed by atoms with Gasteiger partial charge in [0.05, 0.1) is 0 Å². The number of carbonyl (C=O) groups is 2. The van der Waals surface area contributed by atoms with Crippen molar-refractivity contribution in [2.45, 2.75) is 46.6 Å². The molecule has 1 aliphatic rings. The highest BCUT2D eigenvalue weighted by molar-refractivity contribution is 5.88. The number of benzene rings is 1. The van der Waals surface area contributed by atoms with Crippen LogP contribution in [0, 0.1) is 17.8 Å². The molecule has 3 atom stereocenters. The van der Waals surface area contributed by atoms with Gasteiger partial charge in [-0.2, -0.15) is 0 Å². The number of hydrogen-bond donors (Lipinski definition) is 1. The summed E-state index contributed by atoms with van der Waals surface area (Å²) in [7, 11) is 0. The molecule has 4 nitrogen and oxygen atoms in total. The molecule has 0 bridgehead atoms. The van der Waals surface area contributed by atoms with Crippen molar-refractivity contribution >= 4 is 11.8 Å². The topological polar surface area (TPSA) is 49.4 Å². The molecular formula is C20H30N2O2. The lowest BCUT2D eigenvalue weighted by molar-refractivity contribution is -0.139. The predicted molar refractivity (Wildman–Crippen MR) is 96.3 cm³/mol. The summed E-state index contributed by atoms with van der Waals surface area (Å²) in [5, 5.41) is 2.96. The van der Waals surface area contributed by atoms with Crippen LogP contribution in [-0.2, 0) is 9.59 Å². The van der Waals surface area contributed by atoms with E-state index in [9.17, 15) is 9.59 Å². The van der Waals surface area contributed by atoms with Crippen molar-refractivity contribution in [3.63, 3.8) is 0 Å². The van der Waals surface area contributed by atoms with E-state index in [-0.39, 0.29) is 17.7 Å². The molecule has 1 aliphatic heterocycles. The lowest BCUT2D eigenvalue weighted by Crippen LogP contribution is -2.48. The molecule has 1 heterocycles. The van der Waals surface area contributed by atoms with E-state index in [2.05, 4.69) is 19.2 Å². The SMILES string of the molecule is CC(C)CC(=O)NC(C(=O)N1CC(C)CC(C)C1)c1ccccc1. The van der Waals surface area contributed by atoms with Crippen LogP contribution in [0.4, 0.5) is 0 Å². The summed E-state index contributed by atoms with van der Waals surface area (Å²) < 4.78 is 0. The first kappa shape index (κ1) is 18.5. The highest BCUT2D eigenvalue weighted by atomic mass is 16.2. The molecule has 1 fully saturated rings. The van der Waals surface area contributed by atoms with Gasteiger partial charge in [-0.15, -0.1) is 0 Å². The zero-order valence-electron chi connectivity index (χ0n) is 15.3. The number of nitrogens with zero attached hydrogens (tertiary/aromatic N) is 1. The summed E-state index contributed by atoms with van der Waals surface area (Å²) in [6.45, 7) is 9.93. The fourth-order valence-corrected chi connectivity index (χ4v) is 3.55. The van der Waals surface area contributed by atoms with Crippen LogP contribution in [0.15, 0.2) is 30.3 Å². The molecule has 4 heteroatoms. The van der Waals surface area contributed by atoms with Crippen molar-refractivity contribution < 1.29 is 9.59 Å². The van der Waals surface area contributed by atoms with Crippen LogP contribution in [-0.4, -0.2) is 29.8 Å². The van der Waals surface area contributed by atoms with Gasteiger partial charge in [0.1, 0.15) is 6.04 Å². The Hall–Kier alpha value is -1.84. The van der Waals surface area contributed by atoms with Crippen molar-refractivity contribution in [2.75, 3.05) is 13.1 Å². The van der Waals surface area contributed by atoms with E-state index in [0.29, 0.717) is 18.3 Å². The van der Waals surface area contributed by atoms with Gasteiger partial charge in [0, 0.05) is 19.5 Å². The summed E-state index contributed by atoms with van der Waals surface area (Å²) in [4.78, 5) is 27.3. The molecule has 2 amide bonds. The summed E-state index contributed by atoms with van der Waals surface area (Å²) in [5.41, 5.74) is 0.852. The molecule has 0 aromatic heterocycles. The van der Waals surface area contributed by atoms with E-state index in [1.165, 1.54) is 0 Å². The van der Waals surface area contributed by atoms with E-state index in [1.54, 1.807) is 0 Å². The first-order valence-corrected chi connectivity index (χ1v) is 9.00. The number of hydrogen-bond acceptors (Lipinski definition) is 2. The highest BCUT2D eigenvalue weighted by Crippen LogP contribution is 2.25. The van der Waals surface area contributed by atoms with Gasteiger partial charge < -0.3 is 10.2 Å². The standard InChI is InChI=1S/C20H30N2O2/c1-14(2)10-18(23)21-19(17-8-6-5-7-9-17)20(24)22-12-15(3)11-16(4)13-22/h5-9,14-16,19H,10-13H2,1-4H3,(H,21,23). The van der Waals surface area contributed by atoms with E-state index < -0.39 is 6.04 Å². The van der Waals surface area contributed by atoms with Crippen LogP contribution in [0.5, 0.6) is 0 Å². The van der Waals surface area contributed by atoms with Crippen LogP contribution in [0.3, 0.4) is 0 Å². The maximum atomic E-state index is 13.1. The second kappa shape index (κ2) is 8.32. The number of likely N-dealkylation sites (tertiary alicyclic amines) is 1. The first-order chi connectivity index (χ1) is 11.4. The van der Waals surface area contributed by atoms with Gasteiger partial charge in [-0.05, 0) is 29.7 Å². The van der Waals surface area contributed by atoms with Crippen LogP contribution in [0.2, 0.25) is 0 Å². The average molecular weight is 330 g/mol. The monoisotopic (exact) mass is 330 g/mol. The van der Waals surface area contributed by atoms with Gasteiger partial charge in [-0.25, -0.2) is 0 Å². The largest absolute Gasteiger partial charge is 0.341 e. The van der Waals surface area contributed by atoms with E-state index >= 15 is 0 Å². The maximum Gasteiger partial charge on any atom is 0.249 e. The van der Waals surface area contributed by atoms with E-state index in [0.717, 1.165) is 25.1 Å². The highest BCUT2D eigenvalue weighted by Gasteiger charge is 2.31. The number of piperidine rings is 1. The van der Waals surface area contributed by atoms with Crippen molar-refractivity contribution in [3.05, 3.63) is 35.9 Å². The lowest BCUT2D eigenvalue weighted by Gasteiger charge is -2.37. The average Bonchev–Trinajstić information content (AvgIpc) is 2.51. The number of carbonyl (C=O) groups excluding carboxylic acids is 2. The zero-order chi connectivity index (χ0) is 17.7. The molecule has 0 radical (unpaired) electrons. The Bertz CT molecular complexity index is 546. The first-order valence-electron chi connectivity index (χ1n) is 9.00. The van der Waals surface area contributed by atoms with Gasteiger partial charge in [0.2, 0.25) is 11.8 Å². The van der Waals surface area contributed by atoms with Gasteiger partial charge in [0.25, 0.3) is 0 Å². The van der Waals surface area contributed by atoms with E-state index in [1.807, 2.05) is 49.1 Å². The Morgan fingerprint density at radius 2 is 1.71 bits per heavy atom. The number of nitrogens with one attached hydrogen (secondary N) is 1. The van der Waals surface area contributed by atoms with Gasteiger partial charge in [-0.3, -0.25) is 9.59 Å². The van der Waals surface area contributed by atoms with Crippen LogP contribution in [0.25, 0.3) is 0 Å². The molecule has 0 saturated carbocycles. The summed E-state index contributed by atoms with van der Waals surface area (Å²) in [5.74, 6) is 1.22. The quantitative estimate of drug-likeness (QED) is 0.899. The fraction of sp³-hybridized carbons (Fsp3) is 0.600. The van der Waals surface area contributed by atoms with Crippen LogP contribution >= 0.6 is 0 Å². The normalized spacial score (nSPS) is 22.3. The van der Waals surface area contributed by atoms with Crippen LogP contribution < -0.4 is 5.32 Å². The summed E-state index contributed by atoms with van der Waals surface area (Å²) >= 11 is 0. The smallest absolute Gasteiger partial charge is 0.249 e. The Morgan fingerprint density at radius 1 is 1.12 bits per heavy atom. The Morgan fingerprint density at radius 3 is 2.25 bits per heavy atom. The number of rotatable bonds is 5. The molecule has 132 valence electrons. The molecule has 0 aliphatic carbocycles. The third-order valence-electron chi connectivity index (χ3n) is 4.46. The molecule has 1 aromatic carbocycles. The predicted octanol–water partition coefficient (Wildman–Crippen LogP) is 3.39. The second-order valence-electron chi connectivity index (χ2n) is 7.70. The third-order valence-corrected chi connectivity index (χ3v) is 4.46. The summed E-state index contributed by atoms with van der Waals surface area (Å²) in [6, 6.07) is 8.97. The molecule has 1 N–H and O–H groups in total. The molecule has 0 spiro atoms. The lowest BCUT2D eigenvalue weighted by atomic mass is 9.91. The van der Waals surface area contributed by atoms with Crippen LogP contribution in [0.1, 0.15) is 52.1 Å². The fourth-order valence-electron chi connectivity index (χ4n) is 3.55. The van der Waals surface area contributed by atoms with Gasteiger partial charge in [-0.1, -0.05) is 58.0 Å². The molecule has 3 unspecified atom stereocenters. The van der Waals surface area contributed by atoms with Crippen molar-refractivity contribution in [2.24, 2.45) is 17.8 Å². The Labute approximate surface area is 145 Å². The molecule has 2 rings (SSSR count). The van der Waals surface area contributed by atoms with Crippen molar-refractivity contribution in [3.8, 4) is 0 Å². The Balaban J connectivity index is 2.18. The van der Waals surface area contributed by atoms with Crippen molar-refractivity contribution in [1.82, 2.24) is 10.2 Å². The van der Waals surface area contributed by atoms with Gasteiger partial charge in [0.15, 0.2) is 0 Å².